The van der Waals surface area contributed by atoms with Crippen molar-refractivity contribution in [2.75, 3.05) is 26.3 Å². The second-order valence-electron chi connectivity index (χ2n) is 4.32. The lowest BCUT2D eigenvalue weighted by Gasteiger charge is -2.39. The number of hydrogen-bond acceptors (Lipinski definition) is 3. The van der Waals surface area contributed by atoms with Crippen LogP contribution < -0.4 is 5.73 Å². The van der Waals surface area contributed by atoms with Gasteiger partial charge in [-0.1, -0.05) is 0 Å². The van der Waals surface area contributed by atoms with Crippen molar-refractivity contribution in [1.29, 1.82) is 0 Å². The van der Waals surface area contributed by atoms with Crippen molar-refractivity contribution in [3.05, 3.63) is 0 Å². The maximum absolute atomic E-state index is 13.5. The monoisotopic (exact) mass is 202 g/mol. The number of hydrogen-bond donors (Lipinski definition) is 1. The number of alkyl halides is 1. The average molecular weight is 202 g/mol. The number of likely N-dealkylation sites (tertiary alicyclic amines) is 1. The van der Waals surface area contributed by atoms with Crippen LogP contribution in [0.1, 0.15) is 19.3 Å². The Morgan fingerprint density at radius 1 is 1.21 bits per heavy atom. The Bertz CT molecular complexity index is 183. The lowest BCUT2D eigenvalue weighted by molar-refractivity contribution is -0.0336. The van der Waals surface area contributed by atoms with Crippen LogP contribution in [0.4, 0.5) is 4.39 Å². The SMILES string of the molecule is NC1CCN([C@@H]2CCOC[C@@H]2F)CC1. The first-order valence-corrected chi connectivity index (χ1v) is 5.49. The van der Waals surface area contributed by atoms with Crippen molar-refractivity contribution in [2.24, 2.45) is 5.73 Å². The molecule has 2 N–H and O–H groups in total. The van der Waals surface area contributed by atoms with Gasteiger partial charge in [0, 0.05) is 31.8 Å². The van der Waals surface area contributed by atoms with E-state index < -0.39 is 6.17 Å². The largest absolute Gasteiger partial charge is 0.378 e. The van der Waals surface area contributed by atoms with E-state index in [0.29, 0.717) is 12.6 Å². The number of nitrogens with zero attached hydrogens (tertiary/aromatic N) is 1. The van der Waals surface area contributed by atoms with Crippen LogP contribution in [0.15, 0.2) is 0 Å². The lowest BCUT2D eigenvalue weighted by atomic mass is 9.99. The molecule has 2 aliphatic rings. The van der Waals surface area contributed by atoms with E-state index in [0.717, 1.165) is 32.4 Å². The van der Waals surface area contributed by atoms with Gasteiger partial charge in [-0.3, -0.25) is 4.90 Å². The van der Waals surface area contributed by atoms with E-state index in [2.05, 4.69) is 4.90 Å². The number of nitrogens with two attached hydrogens (primary N) is 1. The summed E-state index contributed by atoms with van der Waals surface area (Å²) in [6.07, 6.45) is 2.03. The highest BCUT2D eigenvalue weighted by Gasteiger charge is 2.32. The summed E-state index contributed by atoms with van der Waals surface area (Å²) < 4.78 is 18.6. The van der Waals surface area contributed by atoms with Gasteiger partial charge in [0.05, 0.1) is 6.61 Å². The molecule has 0 bridgehead atoms. The smallest absolute Gasteiger partial charge is 0.139 e. The molecule has 0 saturated carbocycles. The number of ether oxygens (including phenoxy) is 1. The molecule has 0 amide bonds. The van der Waals surface area contributed by atoms with Crippen molar-refractivity contribution in [1.82, 2.24) is 4.90 Å². The zero-order chi connectivity index (χ0) is 9.97. The molecule has 0 aromatic rings. The average Bonchev–Trinajstić information content (AvgIpc) is 2.20. The zero-order valence-corrected chi connectivity index (χ0v) is 8.49. The first-order chi connectivity index (χ1) is 6.77. The van der Waals surface area contributed by atoms with Crippen LogP contribution in [0, 0.1) is 0 Å². The lowest BCUT2D eigenvalue weighted by Crippen LogP contribution is -2.51. The molecule has 3 nitrogen and oxygen atoms in total. The highest BCUT2D eigenvalue weighted by Crippen LogP contribution is 2.21. The van der Waals surface area contributed by atoms with E-state index in [1.807, 2.05) is 0 Å². The molecule has 82 valence electrons. The van der Waals surface area contributed by atoms with Crippen LogP contribution in [-0.4, -0.2) is 49.5 Å². The summed E-state index contributed by atoms with van der Waals surface area (Å²) in [5.74, 6) is 0. The third-order valence-electron chi connectivity index (χ3n) is 3.30. The van der Waals surface area contributed by atoms with Crippen LogP contribution in [0.5, 0.6) is 0 Å². The Labute approximate surface area is 84.4 Å². The van der Waals surface area contributed by atoms with E-state index in [1.165, 1.54) is 0 Å². The van der Waals surface area contributed by atoms with Crippen molar-refractivity contribution in [2.45, 2.75) is 37.5 Å². The third kappa shape index (κ3) is 2.24. The molecule has 2 aliphatic heterocycles. The molecule has 0 radical (unpaired) electrons. The van der Waals surface area contributed by atoms with Crippen LogP contribution >= 0.6 is 0 Å². The predicted molar refractivity (Wildman–Crippen MR) is 52.9 cm³/mol. The van der Waals surface area contributed by atoms with Gasteiger partial charge in [0.15, 0.2) is 0 Å². The van der Waals surface area contributed by atoms with Gasteiger partial charge in [0.25, 0.3) is 0 Å². The van der Waals surface area contributed by atoms with E-state index in [1.54, 1.807) is 0 Å². The molecule has 4 heteroatoms. The Kier molecular flexibility index (Phi) is 3.36. The van der Waals surface area contributed by atoms with E-state index in [-0.39, 0.29) is 12.6 Å². The minimum absolute atomic E-state index is 0.0799. The summed E-state index contributed by atoms with van der Waals surface area (Å²) in [4.78, 5) is 2.25. The minimum Gasteiger partial charge on any atom is -0.378 e. The van der Waals surface area contributed by atoms with Crippen LogP contribution in [0.3, 0.4) is 0 Å². The molecular formula is C10H19FN2O. The summed E-state index contributed by atoms with van der Waals surface area (Å²) in [6.45, 7) is 2.87. The van der Waals surface area contributed by atoms with Gasteiger partial charge in [-0.15, -0.1) is 0 Å². The molecular weight excluding hydrogens is 183 g/mol. The fourth-order valence-electron chi connectivity index (χ4n) is 2.35. The molecule has 0 aromatic heterocycles. The molecule has 14 heavy (non-hydrogen) atoms. The van der Waals surface area contributed by atoms with Gasteiger partial charge in [-0.05, 0) is 19.3 Å². The fraction of sp³-hybridized carbons (Fsp3) is 1.00. The molecule has 2 heterocycles. The Hall–Kier alpha value is -0.190. The van der Waals surface area contributed by atoms with Gasteiger partial charge in [0.2, 0.25) is 0 Å². The van der Waals surface area contributed by atoms with E-state index in [9.17, 15) is 4.39 Å². The topological polar surface area (TPSA) is 38.5 Å². The van der Waals surface area contributed by atoms with Gasteiger partial charge in [0.1, 0.15) is 6.17 Å². The van der Waals surface area contributed by atoms with Crippen LogP contribution in [0.25, 0.3) is 0 Å². The highest BCUT2D eigenvalue weighted by molar-refractivity contribution is 4.86. The van der Waals surface area contributed by atoms with Crippen LogP contribution in [-0.2, 0) is 4.74 Å². The Balaban J connectivity index is 1.87. The van der Waals surface area contributed by atoms with Gasteiger partial charge in [-0.2, -0.15) is 0 Å². The molecule has 0 aliphatic carbocycles. The first kappa shape index (κ1) is 10.3. The third-order valence-corrected chi connectivity index (χ3v) is 3.30. The first-order valence-electron chi connectivity index (χ1n) is 5.49. The van der Waals surface area contributed by atoms with Crippen molar-refractivity contribution < 1.29 is 9.13 Å². The molecule has 2 atom stereocenters. The fourth-order valence-corrected chi connectivity index (χ4v) is 2.35. The molecule has 0 unspecified atom stereocenters. The summed E-state index contributed by atoms with van der Waals surface area (Å²) >= 11 is 0. The van der Waals surface area contributed by atoms with Crippen LogP contribution in [0.2, 0.25) is 0 Å². The second kappa shape index (κ2) is 4.55. The number of piperidine rings is 1. The Morgan fingerprint density at radius 3 is 2.57 bits per heavy atom. The Morgan fingerprint density at radius 2 is 1.93 bits per heavy atom. The summed E-state index contributed by atoms with van der Waals surface area (Å²) in [5.41, 5.74) is 5.82. The minimum atomic E-state index is -0.807. The quantitative estimate of drug-likeness (QED) is 0.674. The van der Waals surface area contributed by atoms with Crippen molar-refractivity contribution >= 4 is 0 Å². The van der Waals surface area contributed by atoms with Gasteiger partial charge >= 0.3 is 0 Å². The van der Waals surface area contributed by atoms with Gasteiger partial charge < -0.3 is 10.5 Å². The highest BCUT2D eigenvalue weighted by atomic mass is 19.1. The van der Waals surface area contributed by atoms with E-state index in [4.69, 9.17) is 10.5 Å². The van der Waals surface area contributed by atoms with E-state index >= 15 is 0 Å². The molecule has 0 spiro atoms. The maximum Gasteiger partial charge on any atom is 0.139 e. The second-order valence-corrected chi connectivity index (χ2v) is 4.32. The van der Waals surface area contributed by atoms with Crippen molar-refractivity contribution in [3.8, 4) is 0 Å². The zero-order valence-electron chi connectivity index (χ0n) is 8.49. The standard InChI is InChI=1S/C10H19FN2O/c11-9-7-14-6-3-10(9)13-4-1-8(12)2-5-13/h8-10H,1-7,12H2/t9-,10+/m0/s1. The maximum atomic E-state index is 13.5. The number of halogens is 1. The molecule has 2 rings (SSSR count). The molecule has 2 saturated heterocycles. The van der Waals surface area contributed by atoms with Crippen molar-refractivity contribution in [3.63, 3.8) is 0 Å². The number of rotatable bonds is 1. The predicted octanol–water partition coefficient (Wildman–Crippen LogP) is 0.536. The molecule has 0 aromatic carbocycles. The summed E-state index contributed by atoms with van der Waals surface area (Å²) in [6, 6.07) is 0.403. The van der Waals surface area contributed by atoms with Gasteiger partial charge in [-0.25, -0.2) is 4.39 Å². The molecule has 2 fully saturated rings. The summed E-state index contributed by atoms with van der Waals surface area (Å²) in [7, 11) is 0. The normalized spacial score (nSPS) is 37.3. The summed E-state index contributed by atoms with van der Waals surface area (Å²) in [5, 5.41) is 0.